The van der Waals surface area contributed by atoms with Crippen LogP contribution in [0.3, 0.4) is 0 Å². The van der Waals surface area contributed by atoms with E-state index in [1.54, 1.807) is 0 Å². The Morgan fingerprint density at radius 1 is 1.21 bits per heavy atom. The third-order valence-corrected chi connectivity index (χ3v) is 5.92. The normalized spacial score (nSPS) is 24.6. The second-order valence-corrected chi connectivity index (χ2v) is 7.82. The number of halogens is 4. The van der Waals surface area contributed by atoms with Crippen LogP contribution in [-0.4, -0.2) is 45.7 Å². The summed E-state index contributed by atoms with van der Waals surface area (Å²) in [6, 6.07) is 1.46. The highest BCUT2D eigenvalue weighted by Crippen LogP contribution is 2.55. The van der Waals surface area contributed by atoms with Crippen molar-refractivity contribution < 1.29 is 17.6 Å². The van der Waals surface area contributed by atoms with Gasteiger partial charge in [0, 0.05) is 55.7 Å². The molecule has 2 aliphatic rings. The van der Waals surface area contributed by atoms with Crippen LogP contribution >= 0.6 is 0 Å². The van der Waals surface area contributed by atoms with Crippen LogP contribution in [0.25, 0.3) is 11.3 Å². The smallest absolute Gasteiger partial charge is 0.331 e. The van der Waals surface area contributed by atoms with E-state index in [1.165, 1.54) is 13.1 Å². The lowest BCUT2D eigenvalue weighted by atomic mass is 10.1. The predicted molar refractivity (Wildman–Crippen MR) is 97.6 cm³/mol. The summed E-state index contributed by atoms with van der Waals surface area (Å²) >= 11 is 0. The van der Waals surface area contributed by atoms with Gasteiger partial charge < -0.3 is 9.47 Å². The molecule has 1 aliphatic carbocycles. The largest absolute Gasteiger partial charge is 0.418 e. The molecule has 152 valence electrons. The van der Waals surface area contributed by atoms with Crippen LogP contribution in [0.2, 0.25) is 0 Å². The summed E-state index contributed by atoms with van der Waals surface area (Å²) in [6.45, 7) is 5.33. The maximum Gasteiger partial charge on any atom is 0.418 e. The van der Waals surface area contributed by atoms with Crippen molar-refractivity contribution in [3.8, 4) is 11.3 Å². The van der Waals surface area contributed by atoms with Crippen LogP contribution in [0.4, 0.5) is 17.6 Å². The maximum atomic E-state index is 13.2. The van der Waals surface area contributed by atoms with Crippen molar-refractivity contribution in [3.63, 3.8) is 0 Å². The molecule has 3 heterocycles. The Bertz CT molecular complexity index is 848. The number of rotatable bonds is 6. The summed E-state index contributed by atoms with van der Waals surface area (Å²) in [7, 11) is 0. The lowest BCUT2D eigenvalue weighted by Gasteiger charge is -2.18. The van der Waals surface area contributed by atoms with E-state index in [4.69, 9.17) is 0 Å². The summed E-state index contributed by atoms with van der Waals surface area (Å²) in [5.41, 5.74) is 0.168. The van der Waals surface area contributed by atoms with Crippen molar-refractivity contribution >= 4 is 0 Å². The van der Waals surface area contributed by atoms with Gasteiger partial charge in [-0.25, -0.2) is 9.37 Å². The standard InChI is InChI=1S/C20H24F4N4/c1-3-4-18-26-17(13-7-16(20(22,23)24)12(2)25-8-13)11-28(18)19-14-9-27(6-5-21)10-15(14)19/h7-8,11,14-15,19H,3-6,9-10H2,1-2H3/t14-,15+,19?. The SMILES string of the molecule is CCCc1nc(-c2cnc(C)c(C(F)(F)F)c2)cn1C1[C@H]2CN(CCF)C[C@@H]12. The number of hydrogen-bond acceptors (Lipinski definition) is 3. The Kier molecular flexibility index (Phi) is 4.93. The second kappa shape index (κ2) is 7.13. The zero-order chi connectivity index (χ0) is 20.1. The number of nitrogens with zero attached hydrogens (tertiary/aromatic N) is 4. The summed E-state index contributed by atoms with van der Waals surface area (Å²) < 4.78 is 54.5. The van der Waals surface area contributed by atoms with Crippen LogP contribution < -0.4 is 0 Å². The molecule has 0 aromatic carbocycles. The van der Waals surface area contributed by atoms with Gasteiger partial charge in [-0.05, 0) is 31.2 Å². The van der Waals surface area contributed by atoms with E-state index >= 15 is 0 Å². The number of pyridine rings is 1. The van der Waals surface area contributed by atoms with E-state index in [0.29, 0.717) is 35.7 Å². The fraction of sp³-hybridized carbons (Fsp3) is 0.600. The summed E-state index contributed by atoms with van der Waals surface area (Å²) in [4.78, 5) is 10.7. The van der Waals surface area contributed by atoms with E-state index in [0.717, 1.165) is 37.8 Å². The minimum absolute atomic E-state index is 0.0332. The number of hydrogen-bond donors (Lipinski definition) is 0. The highest BCUT2D eigenvalue weighted by atomic mass is 19.4. The van der Waals surface area contributed by atoms with Gasteiger partial charge in [0.15, 0.2) is 0 Å². The second-order valence-electron chi connectivity index (χ2n) is 7.82. The first-order valence-corrected chi connectivity index (χ1v) is 9.73. The third kappa shape index (κ3) is 3.43. The van der Waals surface area contributed by atoms with Gasteiger partial charge in [0.2, 0.25) is 0 Å². The molecule has 2 aromatic heterocycles. The minimum Gasteiger partial charge on any atom is -0.331 e. The Morgan fingerprint density at radius 2 is 1.93 bits per heavy atom. The van der Waals surface area contributed by atoms with E-state index < -0.39 is 11.7 Å². The van der Waals surface area contributed by atoms with Crippen LogP contribution in [0.1, 0.15) is 36.5 Å². The Labute approximate surface area is 161 Å². The molecule has 0 spiro atoms. The van der Waals surface area contributed by atoms with Gasteiger partial charge in [-0.1, -0.05) is 6.92 Å². The first kappa shape index (κ1) is 19.4. The fourth-order valence-corrected chi connectivity index (χ4v) is 4.49. The van der Waals surface area contributed by atoms with Crippen LogP contribution in [-0.2, 0) is 12.6 Å². The summed E-state index contributed by atoms with van der Waals surface area (Å²) in [5, 5.41) is 0. The molecule has 0 N–H and O–H groups in total. The van der Waals surface area contributed by atoms with E-state index in [1.807, 2.05) is 6.20 Å². The van der Waals surface area contributed by atoms with Crippen molar-refractivity contribution in [2.45, 2.75) is 38.9 Å². The number of piperidine rings is 1. The van der Waals surface area contributed by atoms with Crippen LogP contribution in [0.15, 0.2) is 18.5 Å². The highest BCUT2D eigenvalue weighted by Gasteiger charge is 2.57. The van der Waals surface area contributed by atoms with Crippen molar-refractivity contribution in [2.75, 3.05) is 26.3 Å². The van der Waals surface area contributed by atoms with Crippen molar-refractivity contribution in [1.29, 1.82) is 0 Å². The number of fused-ring (bicyclic) bond motifs is 1. The van der Waals surface area contributed by atoms with E-state index in [9.17, 15) is 17.6 Å². The van der Waals surface area contributed by atoms with Crippen LogP contribution in [0, 0.1) is 18.8 Å². The molecule has 1 unspecified atom stereocenters. The molecule has 1 saturated carbocycles. The number of likely N-dealkylation sites (tertiary alicyclic amines) is 1. The monoisotopic (exact) mass is 396 g/mol. The van der Waals surface area contributed by atoms with Crippen molar-refractivity contribution in [3.05, 3.63) is 35.5 Å². The Balaban J connectivity index is 1.62. The molecule has 2 fully saturated rings. The van der Waals surface area contributed by atoms with Gasteiger partial charge in [0.05, 0.1) is 11.3 Å². The molecular weight excluding hydrogens is 372 g/mol. The molecule has 8 heteroatoms. The quantitative estimate of drug-likeness (QED) is 0.683. The lowest BCUT2D eigenvalue weighted by molar-refractivity contribution is -0.138. The summed E-state index contributed by atoms with van der Waals surface area (Å²) in [5.74, 6) is 1.86. The highest BCUT2D eigenvalue weighted by molar-refractivity contribution is 5.59. The number of imidazole rings is 1. The molecular formula is C20H24F4N4. The number of aryl methyl sites for hydroxylation is 2. The van der Waals surface area contributed by atoms with Crippen molar-refractivity contribution in [1.82, 2.24) is 19.4 Å². The Morgan fingerprint density at radius 3 is 2.54 bits per heavy atom. The lowest BCUT2D eigenvalue weighted by Crippen LogP contribution is -2.27. The summed E-state index contributed by atoms with van der Waals surface area (Å²) in [6.07, 6.45) is 0.584. The first-order valence-electron chi connectivity index (χ1n) is 9.73. The molecule has 4 rings (SSSR count). The average molecular weight is 396 g/mol. The zero-order valence-electron chi connectivity index (χ0n) is 16.0. The number of alkyl halides is 4. The molecule has 1 aliphatic heterocycles. The minimum atomic E-state index is -4.44. The van der Waals surface area contributed by atoms with Gasteiger partial charge in [-0.3, -0.25) is 4.98 Å². The molecule has 4 nitrogen and oxygen atoms in total. The molecule has 0 bridgehead atoms. The molecule has 0 amide bonds. The molecule has 3 atom stereocenters. The topological polar surface area (TPSA) is 34.0 Å². The first-order chi connectivity index (χ1) is 13.3. The van der Waals surface area contributed by atoms with Crippen molar-refractivity contribution in [2.24, 2.45) is 11.8 Å². The van der Waals surface area contributed by atoms with E-state index in [-0.39, 0.29) is 12.4 Å². The average Bonchev–Trinajstić information content (AvgIpc) is 2.96. The predicted octanol–water partition coefficient (Wildman–Crippen LogP) is 4.30. The molecule has 2 aromatic rings. The third-order valence-electron chi connectivity index (χ3n) is 5.92. The van der Waals surface area contributed by atoms with Crippen LogP contribution in [0.5, 0.6) is 0 Å². The molecule has 28 heavy (non-hydrogen) atoms. The van der Waals surface area contributed by atoms with E-state index in [2.05, 4.69) is 26.4 Å². The maximum absolute atomic E-state index is 13.2. The Hall–Kier alpha value is -1.96. The van der Waals surface area contributed by atoms with Gasteiger partial charge in [-0.2, -0.15) is 13.2 Å². The fourth-order valence-electron chi connectivity index (χ4n) is 4.49. The van der Waals surface area contributed by atoms with Gasteiger partial charge in [-0.15, -0.1) is 0 Å². The number of aromatic nitrogens is 3. The van der Waals surface area contributed by atoms with Gasteiger partial charge in [0.25, 0.3) is 0 Å². The van der Waals surface area contributed by atoms with Gasteiger partial charge >= 0.3 is 6.18 Å². The van der Waals surface area contributed by atoms with Gasteiger partial charge in [0.1, 0.15) is 12.5 Å². The molecule has 0 radical (unpaired) electrons. The molecule has 1 saturated heterocycles. The zero-order valence-corrected chi connectivity index (χ0v) is 16.0.